The maximum atomic E-state index is 6.01. The SMILES string of the molecule is C[C@H]1CCc2sc3ncnc(N4CCN(Cc5ccc(Cl)cc5)CC4)c3c2C1. The molecule has 0 unspecified atom stereocenters. The lowest BCUT2D eigenvalue weighted by molar-refractivity contribution is 0.249. The number of nitrogens with zero attached hydrogens (tertiary/aromatic N) is 4. The van der Waals surface area contributed by atoms with Crippen LogP contribution in [0.1, 0.15) is 29.3 Å². The zero-order valence-electron chi connectivity index (χ0n) is 16.2. The monoisotopic (exact) mass is 412 g/mol. The van der Waals surface area contributed by atoms with Gasteiger partial charge >= 0.3 is 0 Å². The molecule has 4 nitrogen and oxygen atoms in total. The van der Waals surface area contributed by atoms with Gasteiger partial charge in [0.05, 0.1) is 5.39 Å². The first-order valence-electron chi connectivity index (χ1n) is 10.1. The molecule has 1 aliphatic heterocycles. The van der Waals surface area contributed by atoms with Crippen LogP contribution in [-0.4, -0.2) is 41.0 Å². The number of fused-ring (bicyclic) bond motifs is 3. The average Bonchev–Trinajstić information content (AvgIpc) is 3.08. The molecule has 5 rings (SSSR count). The van der Waals surface area contributed by atoms with Crippen molar-refractivity contribution >= 4 is 39.0 Å². The molecule has 0 spiro atoms. The highest BCUT2D eigenvalue weighted by Crippen LogP contribution is 2.40. The number of hydrogen-bond acceptors (Lipinski definition) is 5. The minimum absolute atomic E-state index is 0.759. The highest BCUT2D eigenvalue weighted by Gasteiger charge is 2.26. The second kappa shape index (κ2) is 7.62. The maximum Gasteiger partial charge on any atom is 0.141 e. The van der Waals surface area contributed by atoms with E-state index in [4.69, 9.17) is 16.6 Å². The van der Waals surface area contributed by atoms with E-state index >= 15 is 0 Å². The van der Waals surface area contributed by atoms with Gasteiger partial charge in [-0.3, -0.25) is 4.90 Å². The molecule has 6 heteroatoms. The molecule has 28 heavy (non-hydrogen) atoms. The summed E-state index contributed by atoms with van der Waals surface area (Å²) < 4.78 is 0. The lowest BCUT2D eigenvalue weighted by Gasteiger charge is -2.36. The molecule has 2 aliphatic rings. The van der Waals surface area contributed by atoms with Crippen molar-refractivity contribution in [1.29, 1.82) is 0 Å². The molecular formula is C22H25ClN4S. The Morgan fingerprint density at radius 1 is 1.11 bits per heavy atom. The molecular weight excluding hydrogens is 388 g/mol. The van der Waals surface area contributed by atoms with Gasteiger partial charge in [0.25, 0.3) is 0 Å². The summed E-state index contributed by atoms with van der Waals surface area (Å²) in [7, 11) is 0. The van der Waals surface area contributed by atoms with Crippen LogP contribution in [-0.2, 0) is 19.4 Å². The molecule has 3 heterocycles. The summed E-state index contributed by atoms with van der Waals surface area (Å²) >= 11 is 7.89. The van der Waals surface area contributed by atoms with Crippen LogP contribution >= 0.6 is 22.9 Å². The Labute approximate surface area is 175 Å². The van der Waals surface area contributed by atoms with Gasteiger partial charge in [-0.2, -0.15) is 0 Å². The van der Waals surface area contributed by atoms with Gasteiger partial charge in [-0.15, -0.1) is 11.3 Å². The Kier molecular flexibility index (Phi) is 4.99. The maximum absolute atomic E-state index is 6.01. The van der Waals surface area contributed by atoms with Crippen molar-refractivity contribution in [3.8, 4) is 0 Å². The summed E-state index contributed by atoms with van der Waals surface area (Å²) in [5, 5.41) is 2.13. The topological polar surface area (TPSA) is 32.3 Å². The van der Waals surface area contributed by atoms with E-state index in [9.17, 15) is 0 Å². The van der Waals surface area contributed by atoms with Crippen molar-refractivity contribution < 1.29 is 0 Å². The predicted molar refractivity (Wildman–Crippen MR) is 118 cm³/mol. The van der Waals surface area contributed by atoms with E-state index in [-0.39, 0.29) is 0 Å². The normalized spacial score (nSPS) is 20.5. The fourth-order valence-corrected chi connectivity index (χ4v) is 5.78. The Hall–Kier alpha value is -1.69. The zero-order valence-corrected chi connectivity index (χ0v) is 17.8. The summed E-state index contributed by atoms with van der Waals surface area (Å²) in [6.45, 7) is 7.48. The first-order valence-corrected chi connectivity index (χ1v) is 11.3. The smallest absolute Gasteiger partial charge is 0.141 e. The zero-order chi connectivity index (χ0) is 19.1. The molecule has 146 valence electrons. The van der Waals surface area contributed by atoms with E-state index in [1.807, 2.05) is 23.5 Å². The second-order valence-electron chi connectivity index (χ2n) is 8.12. The molecule has 1 atom stereocenters. The number of thiophene rings is 1. The minimum Gasteiger partial charge on any atom is -0.353 e. The van der Waals surface area contributed by atoms with Gasteiger partial charge in [-0.05, 0) is 48.4 Å². The number of anilines is 1. The molecule has 0 saturated carbocycles. The van der Waals surface area contributed by atoms with Crippen molar-refractivity contribution in [3.05, 3.63) is 51.6 Å². The third-order valence-electron chi connectivity index (χ3n) is 6.06. The van der Waals surface area contributed by atoms with Gasteiger partial charge in [0.2, 0.25) is 0 Å². The molecule has 3 aromatic rings. The Morgan fingerprint density at radius 3 is 2.68 bits per heavy atom. The fraction of sp³-hybridized carbons (Fsp3) is 0.455. The van der Waals surface area contributed by atoms with Crippen LogP contribution < -0.4 is 4.90 Å². The van der Waals surface area contributed by atoms with E-state index < -0.39 is 0 Å². The van der Waals surface area contributed by atoms with Crippen LogP contribution in [0.4, 0.5) is 5.82 Å². The van der Waals surface area contributed by atoms with Crippen molar-refractivity contribution in [2.75, 3.05) is 31.1 Å². The van der Waals surface area contributed by atoms with Crippen molar-refractivity contribution in [3.63, 3.8) is 0 Å². The number of rotatable bonds is 3. The van der Waals surface area contributed by atoms with Crippen LogP contribution in [0.15, 0.2) is 30.6 Å². The van der Waals surface area contributed by atoms with Crippen LogP contribution in [0, 0.1) is 5.92 Å². The summed E-state index contributed by atoms with van der Waals surface area (Å²) in [5.74, 6) is 1.91. The number of piperazine rings is 1. The molecule has 0 N–H and O–H groups in total. The number of hydrogen-bond donors (Lipinski definition) is 0. The second-order valence-corrected chi connectivity index (χ2v) is 9.64. The molecule has 2 aromatic heterocycles. The van der Waals surface area contributed by atoms with Crippen LogP contribution in [0.5, 0.6) is 0 Å². The van der Waals surface area contributed by atoms with Crippen molar-refractivity contribution in [2.45, 2.75) is 32.7 Å². The average molecular weight is 413 g/mol. The lowest BCUT2D eigenvalue weighted by atomic mass is 9.88. The Bertz CT molecular complexity index is 976. The third kappa shape index (κ3) is 3.51. The molecule has 1 aliphatic carbocycles. The fourth-order valence-electron chi connectivity index (χ4n) is 4.47. The Morgan fingerprint density at radius 2 is 1.89 bits per heavy atom. The lowest BCUT2D eigenvalue weighted by Crippen LogP contribution is -2.46. The van der Waals surface area contributed by atoms with Gasteiger partial charge in [-0.1, -0.05) is 30.7 Å². The Balaban J connectivity index is 1.34. The number of halogens is 1. The summed E-state index contributed by atoms with van der Waals surface area (Å²) in [5.41, 5.74) is 2.85. The van der Waals surface area contributed by atoms with E-state index in [0.29, 0.717) is 0 Å². The standard InChI is InChI=1S/C22H25ClN4S/c1-15-2-7-19-18(12-15)20-21(24-14-25-22(20)28-19)27-10-8-26(9-11-27)13-16-3-5-17(23)6-4-16/h3-6,14-15H,2,7-13H2,1H3/t15-/m0/s1. The third-order valence-corrected chi connectivity index (χ3v) is 7.51. The molecule has 0 bridgehead atoms. The minimum atomic E-state index is 0.759. The van der Waals surface area contributed by atoms with Crippen LogP contribution in [0.2, 0.25) is 5.02 Å². The van der Waals surface area contributed by atoms with Gasteiger partial charge in [0.15, 0.2) is 0 Å². The number of aryl methyl sites for hydroxylation is 1. The largest absolute Gasteiger partial charge is 0.353 e. The molecule has 1 aromatic carbocycles. The van der Waals surface area contributed by atoms with Crippen LogP contribution in [0.3, 0.4) is 0 Å². The van der Waals surface area contributed by atoms with Gasteiger partial charge in [0, 0.05) is 42.6 Å². The van der Waals surface area contributed by atoms with E-state index in [1.165, 1.54) is 45.5 Å². The quantitative estimate of drug-likeness (QED) is 0.619. The first kappa shape index (κ1) is 18.3. The molecule has 1 fully saturated rings. The number of aromatic nitrogens is 2. The van der Waals surface area contributed by atoms with Crippen LogP contribution in [0.25, 0.3) is 10.2 Å². The molecule has 0 radical (unpaired) electrons. The highest BCUT2D eigenvalue weighted by molar-refractivity contribution is 7.19. The molecule has 1 saturated heterocycles. The summed E-state index contributed by atoms with van der Waals surface area (Å²) in [6, 6.07) is 8.21. The predicted octanol–water partition coefficient (Wildman–Crippen LogP) is 4.79. The summed E-state index contributed by atoms with van der Waals surface area (Å²) in [6.07, 6.45) is 5.42. The van der Waals surface area contributed by atoms with Gasteiger partial charge in [0.1, 0.15) is 17.0 Å². The van der Waals surface area contributed by atoms with E-state index in [0.717, 1.165) is 49.5 Å². The first-order chi connectivity index (χ1) is 13.7. The van der Waals surface area contributed by atoms with Crippen molar-refractivity contribution in [2.24, 2.45) is 5.92 Å². The van der Waals surface area contributed by atoms with E-state index in [2.05, 4.69) is 33.8 Å². The van der Waals surface area contributed by atoms with Gasteiger partial charge < -0.3 is 4.90 Å². The highest BCUT2D eigenvalue weighted by atomic mass is 35.5. The van der Waals surface area contributed by atoms with Crippen molar-refractivity contribution in [1.82, 2.24) is 14.9 Å². The molecule has 0 amide bonds. The van der Waals surface area contributed by atoms with E-state index in [1.54, 1.807) is 6.33 Å². The van der Waals surface area contributed by atoms with Gasteiger partial charge in [-0.25, -0.2) is 9.97 Å². The summed E-state index contributed by atoms with van der Waals surface area (Å²) in [4.78, 5) is 17.0. The number of benzene rings is 1.